The zero-order valence-corrected chi connectivity index (χ0v) is 11.1. The van der Waals surface area contributed by atoms with Crippen molar-refractivity contribution in [2.24, 2.45) is 0 Å². The van der Waals surface area contributed by atoms with Gasteiger partial charge in [-0.25, -0.2) is 12.8 Å². The van der Waals surface area contributed by atoms with Crippen LogP contribution in [0.15, 0.2) is 29.3 Å². The van der Waals surface area contributed by atoms with Crippen LogP contribution >= 0.6 is 10.7 Å². The molecule has 0 saturated carbocycles. The Labute approximate surface area is 108 Å². The molecule has 0 fully saturated rings. The van der Waals surface area contributed by atoms with Crippen molar-refractivity contribution < 1.29 is 17.5 Å². The van der Waals surface area contributed by atoms with Gasteiger partial charge in [-0.1, -0.05) is 6.07 Å². The van der Waals surface area contributed by atoms with E-state index in [9.17, 15) is 12.8 Å². The van der Waals surface area contributed by atoms with Crippen molar-refractivity contribution >= 4 is 30.6 Å². The molecule has 7 heteroatoms. The number of aromatic nitrogens is 1. The smallest absolute Gasteiger partial charge is 0.263 e. The van der Waals surface area contributed by atoms with Crippen LogP contribution in [0.3, 0.4) is 0 Å². The van der Waals surface area contributed by atoms with E-state index in [0.29, 0.717) is 18.7 Å². The van der Waals surface area contributed by atoms with Gasteiger partial charge in [-0.05, 0) is 12.1 Å². The van der Waals surface area contributed by atoms with Crippen LogP contribution in [0, 0.1) is 5.82 Å². The minimum absolute atomic E-state index is 0.0172. The Hall–Kier alpha value is -1.11. The maximum absolute atomic E-state index is 13.7. The molecule has 0 spiro atoms. The lowest BCUT2D eigenvalue weighted by Crippen LogP contribution is -2.02. The fourth-order valence-corrected chi connectivity index (χ4v) is 2.88. The number of ether oxygens (including phenoxy) is 1. The molecule has 0 N–H and O–H groups in total. The highest BCUT2D eigenvalue weighted by molar-refractivity contribution is 8.14. The molecule has 0 aliphatic carbocycles. The Bertz CT molecular complexity index is 681. The van der Waals surface area contributed by atoms with Crippen molar-refractivity contribution in [2.45, 2.75) is 11.4 Å². The lowest BCUT2D eigenvalue weighted by molar-refractivity contribution is 0.188. The molecule has 0 atom stereocenters. The van der Waals surface area contributed by atoms with Crippen LogP contribution < -0.4 is 0 Å². The summed E-state index contributed by atoms with van der Waals surface area (Å²) in [5.41, 5.74) is 0.478. The average molecular weight is 292 g/mol. The molecule has 98 valence electrons. The Morgan fingerprint density at radius 1 is 1.44 bits per heavy atom. The molecule has 0 radical (unpaired) electrons. The van der Waals surface area contributed by atoms with E-state index < -0.39 is 14.9 Å². The molecule has 1 aromatic carbocycles. The summed E-state index contributed by atoms with van der Waals surface area (Å²) in [5, 5.41) is 0.0172. The van der Waals surface area contributed by atoms with Crippen molar-refractivity contribution in [3.05, 3.63) is 30.2 Å². The van der Waals surface area contributed by atoms with Gasteiger partial charge < -0.3 is 9.30 Å². The third-order valence-electron chi connectivity index (χ3n) is 2.62. The maximum Gasteiger partial charge on any atom is 0.263 e. The predicted octanol–water partition coefficient (Wildman–Crippen LogP) is 2.35. The Balaban J connectivity index is 2.72. The van der Waals surface area contributed by atoms with Gasteiger partial charge in [-0.2, -0.15) is 0 Å². The average Bonchev–Trinajstić information content (AvgIpc) is 2.66. The highest BCUT2D eigenvalue weighted by Gasteiger charge is 2.21. The summed E-state index contributed by atoms with van der Waals surface area (Å²) in [6.45, 7) is 0.810. The minimum atomic E-state index is -3.99. The predicted molar refractivity (Wildman–Crippen MR) is 66.8 cm³/mol. The van der Waals surface area contributed by atoms with E-state index in [1.54, 1.807) is 10.6 Å². The van der Waals surface area contributed by atoms with E-state index in [-0.39, 0.29) is 10.3 Å². The molecule has 0 unspecified atom stereocenters. The molecule has 1 heterocycles. The molecule has 1 aromatic heterocycles. The fraction of sp³-hybridized carbons (Fsp3) is 0.273. The number of hydrogen-bond donors (Lipinski definition) is 0. The fourth-order valence-electron chi connectivity index (χ4n) is 1.83. The standard InChI is InChI=1S/C11H11ClFNO3S/c1-17-6-5-14-7-10(18(12,15)16)11-8(13)3-2-4-9(11)14/h2-4,7H,5-6H2,1H3. The normalized spacial score (nSPS) is 12.2. The zero-order valence-electron chi connectivity index (χ0n) is 9.56. The number of fused-ring (bicyclic) bond motifs is 1. The molecule has 0 amide bonds. The van der Waals surface area contributed by atoms with Gasteiger partial charge in [-0.3, -0.25) is 0 Å². The molecule has 4 nitrogen and oxygen atoms in total. The number of nitrogens with zero attached hydrogens (tertiary/aromatic N) is 1. The summed E-state index contributed by atoms with van der Waals surface area (Å²) in [7, 11) is 2.87. The van der Waals surface area contributed by atoms with Crippen LogP contribution in [0.2, 0.25) is 0 Å². The van der Waals surface area contributed by atoms with Crippen molar-refractivity contribution in [2.75, 3.05) is 13.7 Å². The summed E-state index contributed by atoms with van der Waals surface area (Å²) in [4.78, 5) is -0.214. The Morgan fingerprint density at radius 3 is 2.78 bits per heavy atom. The van der Waals surface area contributed by atoms with Gasteiger partial charge in [0.1, 0.15) is 10.7 Å². The number of hydrogen-bond acceptors (Lipinski definition) is 3. The largest absolute Gasteiger partial charge is 0.383 e. The Morgan fingerprint density at radius 2 is 2.17 bits per heavy atom. The monoisotopic (exact) mass is 291 g/mol. The summed E-state index contributed by atoms with van der Waals surface area (Å²) >= 11 is 0. The van der Waals surface area contributed by atoms with Crippen LogP contribution in [-0.2, 0) is 20.3 Å². The van der Waals surface area contributed by atoms with Crippen molar-refractivity contribution in [1.82, 2.24) is 4.57 Å². The molecule has 18 heavy (non-hydrogen) atoms. The molecular weight excluding hydrogens is 281 g/mol. The lowest BCUT2D eigenvalue weighted by atomic mass is 10.2. The Kier molecular flexibility index (Phi) is 3.61. The van der Waals surface area contributed by atoms with Crippen LogP contribution in [-0.4, -0.2) is 26.7 Å². The van der Waals surface area contributed by atoms with E-state index in [4.69, 9.17) is 15.4 Å². The second-order valence-corrected chi connectivity index (χ2v) is 6.29. The van der Waals surface area contributed by atoms with Crippen molar-refractivity contribution in [3.63, 3.8) is 0 Å². The number of halogens is 2. The minimum Gasteiger partial charge on any atom is -0.383 e. The number of rotatable bonds is 4. The molecular formula is C11H11ClFNO3S. The van der Waals surface area contributed by atoms with Gasteiger partial charge in [-0.15, -0.1) is 0 Å². The summed E-state index contributed by atoms with van der Waals surface area (Å²) in [5.74, 6) is -0.608. The molecule has 0 saturated heterocycles. The van der Waals surface area contributed by atoms with Crippen molar-refractivity contribution in [1.29, 1.82) is 0 Å². The molecule has 2 aromatic rings. The van der Waals surface area contributed by atoms with E-state index in [2.05, 4.69) is 0 Å². The lowest BCUT2D eigenvalue weighted by Gasteiger charge is -2.03. The maximum atomic E-state index is 13.7. The third kappa shape index (κ3) is 2.36. The molecule has 2 rings (SSSR count). The van der Waals surface area contributed by atoms with E-state index in [1.807, 2.05) is 0 Å². The first-order chi connectivity index (χ1) is 8.45. The molecule has 0 bridgehead atoms. The molecule has 0 aliphatic rings. The highest BCUT2D eigenvalue weighted by Crippen LogP contribution is 2.30. The first-order valence-corrected chi connectivity index (χ1v) is 7.47. The van der Waals surface area contributed by atoms with Crippen LogP contribution in [0.5, 0.6) is 0 Å². The van der Waals surface area contributed by atoms with Gasteiger partial charge in [0.2, 0.25) is 0 Å². The molecule has 0 aliphatic heterocycles. The highest BCUT2D eigenvalue weighted by atomic mass is 35.7. The SMILES string of the molecule is COCCn1cc(S(=O)(=O)Cl)c2c(F)cccc21. The summed E-state index contributed by atoms with van der Waals surface area (Å²) in [6, 6.07) is 4.36. The second kappa shape index (κ2) is 4.87. The van der Waals surface area contributed by atoms with Crippen LogP contribution in [0.1, 0.15) is 0 Å². The first-order valence-electron chi connectivity index (χ1n) is 5.16. The van der Waals surface area contributed by atoms with Gasteiger partial charge in [0.15, 0.2) is 0 Å². The summed E-state index contributed by atoms with van der Waals surface area (Å²) < 4.78 is 43.2. The second-order valence-electron chi connectivity index (χ2n) is 3.75. The first kappa shape index (κ1) is 13.3. The quantitative estimate of drug-likeness (QED) is 0.813. The third-order valence-corrected chi connectivity index (χ3v) is 3.95. The van der Waals surface area contributed by atoms with E-state index in [0.717, 1.165) is 0 Å². The van der Waals surface area contributed by atoms with Gasteiger partial charge in [0, 0.05) is 30.5 Å². The van der Waals surface area contributed by atoms with E-state index in [1.165, 1.54) is 25.4 Å². The van der Waals surface area contributed by atoms with Crippen molar-refractivity contribution in [3.8, 4) is 0 Å². The topological polar surface area (TPSA) is 48.3 Å². The van der Waals surface area contributed by atoms with Gasteiger partial charge in [0.05, 0.1) is 17.5 Å². The number of benzene rings is 1. The van der Waals surface area contributed by atoms with E-state index >= 15 is 0 Å². The van der Waals surface area contributed by atoms with Crippen LogP contribution in [0.4, 0.5) is 4.39 Å². The van der Waals surface area contributed by atoms with Gasteiger partial charge in [0.25, 0.3) is 9.05 Å². The zero-order chi connectivity index (χ0) is 13.3. The number of methoxy groups -OCH3 is 1. The van der Waals surface area contributed by atoms with Crippen LogP contribution in [0.25, 0.3) is 10.9 Å². The summed E-state index contributed by atoms with van der Waals surface area (Å²) in [6.07, 6.45) is 1.33. The van der Waals surface area contributed by atoms with Gasteiger partial charge >= 0.3 is 0 Å².